The molecule has 15 heavy (non-hydrogen) atoms. The maximum atomic E-state index is 11.7. The van der Waals surface area contributed by atoms with Crippen molar-refractivity contribution in [2.24, 2.45) is 5.92 Å². The van der Waals surface area contributed by atoms with Gasteiger partial charge < -0.3 is 5.32 Å². The van der Waals surface area contributed by atoms with Gasteiger partial charge in [0.25, 0.3) is 0 Å². The van der Waals surface area contributed by atoms with E-state index in [4.69, 9.17) is 0 Å². The molecule has 80 valence electrons. The molecule has 0 atom stereocenters. The Morgan fingerprint density at radius 3 is 2.73 bits per heavy atom. The van der Waals surface area contributed by atoms with Gasteiger partial charge in [0.15, 0.2) is 0 Å². The summed E-state index contributed by atoms with van der Waals surface area (Å²) in [6.07, 6.45) is 3.27. The summed E-state index contributed by atoms with van der Waals surface area (Å²) in [5.74, 6) is 0.400. The number of hydrogen-bond acceptors (Lipinski definition) is 1. The number of amides is 1. The summed E-state index contributed by atoms with van der Waals surface area (Å²) in [6.45, 7) is 0. The van der Waals surface area contributed by atoms with Crippen molar-refractivity contribution < 1.29 is 4.79 Å². The van der Waals surface area contributed by atoms with Crippen LogP contribution in [0.15, 0.2) is 22.7 Å². The molecule has 0 saturated heterocycles. The van der Waals surface area contributed by atoms with E-state index >= 15 is 0 Å². The molecule has 1 aliphatic carbocycles. The van der Waals surface area contributed by atoms with Gasteiger partial charge in [-0.2, -0.15) is 0 Å². The van der Waals surface area contributed by atoms with Gasteiger partial charge in [-0.3, -0.25) is 4.79 Å². The van der Waals surface area contributed by atoms with Crippen molar-refractivity contribution in [3.05, 3.63) is 26.2 Å². The normalized spacial score (nSPS) is 15.9. The molecule has 1 aliphatic rings. The molecule has 0 spiro atoms. The fourth-order valence-corrected chi connectivity index (χ4v) is 2.20. The largest absolute Gasteiger partial charge is 0.326 e. The third-order valence-corrected chi connectivity index (χ3v) is 5.00. The first-order chi connectivity index (χ1) is 7.16. The van der Waals surface area contributed by atoms with Crippen molar-refractivity contribution >= 4 is 50.1 Å². The molecule has 0 radical (unpaired) electrons. The summed E-state index contributed by atoms with van der Waals surface area (Å²) >= 11 is 5.69. The number of rotatable bonds is 2. The van der Waals surface area contributed by atoms with Gasteiger partial charge in [-0.15, -0.1) is 0 Å². The van der Waals surface area contributed by atoms with Gasteiger partial charge in [0.1, 0.15) is 0 Å². The summed E-state index contributed by atoms with van der Waals surface area (Å²) in [7, 11) is 0. The fraction of sp³-hybridized carbons (Fsp3) is 0.364. The lowest BCUT2D eigenvalue weighted by atomic mass is 9.85. The highest BCUT2D eigenvalue weighted by atomic mass is 127. The topological polar surface area (TPSA) is 29.1 Å². The highest BCUT2D eigenvalue weighted by molar-refractivity contribution is 14.1. The molecule has 1 saturated carbocycles. The number of carbonyl (C=O) groups excluding carboxylic acids is 1. The van der Waals surface area contributed by atoms with Crippen molar-refractivity contribution in [2.75, 3.05) is 5.32 Å². The SMILES string of the molecule is O=C(Nc1ccc(I)c(Br)c1)C1CCC1. The lowest BCUT2D eigenvalue weighted by molar-refractivity contribution is -0.122. The van der Waals surface area contributed by atoms with Crippen LogP contribution in [0.25, 0.3) is 0 Å². The molecule has 1 fully saturated rings. The lowest BCUT2D eigenvalue weighted by Crippen LogP contribution is -2.27. The minimum Gasteiger partial charge on any atom is -0.326 e. The number of anilines is 1. The van der Waals surface area contributed by atoms with E-state index in [9.17, 15) is 4.79 Å². The van der Waals surface area contributed by atoms with Gasteiger partial charge >= 0.3 is 0 Å². The second-order valence-corrected chi connectivity index (χ2v) is 5.76. The second-order valence-electron chi connectivity index (χ2n) is 3.75. The first-order valence-electron chi connectivity index (χ1n) is 4.93. The van der Waals surface area contributed by atoms with Gasteiger partial charge in [0, 0.05) is 19.6 Å². The standard InChI is InChI=1S/C11H11BrINO/c12-9-6-8(4-5-10(9)13)14-11(15)7-2-1-3-7/h4-7H,1-3H2,(H,14,15). The zero-order chi connectivity index (χ0) is 10.8. The Kier molecular flexibility index (Phi) is 3.66. The fourth-order valence-electron chi connectivity index (χ4n) is 1.49. The molecular weight excluding hydrogens is 369 g/mol. The van der Waals surface area contributed by atoms with E-state index in [1.807, 2.05) is 18.2 Å². The Labute approximate surface area is 111 Å². The minimum absolute atomic E-state index is 0.161. The average molecular weight is 380 g/mol. The minimum atomic E-state index is 0.161. The van der Waals surface area contributed by atoms with E-state index in [-0.39, 0.29) is 11.8 Å². The maximum absolute atomic E-state index is 11.7. The van der Waals surface area contributed by atoms with E-state index in [0.29, 0.717) is 0 Å². The number of hydrogen-bond donors (Lipinski definition) is 1. The molecule has 0 aliphatic heterocycles. The van der Waals surface area contributed by atoms with Crippen LogP contribution in [-0.4, -0.2) is 5.91 Å². The van der Waals surface area contributed by atoms with Crippen LogP contribution in [0.3, 0.4) is 0 Å². The van der Waals surface area contributed by atoms with Gasteiger partial charge in [0.05, 0.1) is 0 Å². The van der Waals surface area contributed by atoms with E-state index in [1.54, 1.807) is 0 Å². The van der Waals surface area contributed by atoms with Crippen molar-refractivity contribution in [2.45, 2.75) is 19.3 Å². The van der Waals surface area contributed by atoms with Crippen LogP contribution >= 0.6 is 38.5 Å². The predicted octanol–water partition coefficient (Wildman–Crippen LogP) is 3.79. The molecular formula is C11H11BrINO. The maximum Gasteiger partial charge on any atom is 0.227 e. The van der Waals surface area contributed by atoms with E-state index in [0.717, 1.165) is 26.6 Å². The molecule has 1 aromatic rings. The van der Waals surface area contributed by atoms with Crippen molar-refractivity contribution in [3.63, 3.8) is 0 Å². The molecule has 4 heteroatoms. The molecule has 0 unspecified atom stereocenters. The number of halogens is 2. The molecule has 1 N–H and O–H groups in total. The molecule has 1 amide bonds. The number of nitrogens with one attached hydrogen (secondary N) is 1. The van der Waals surface area contributed by atoms with Crippen LogP contribution in [0, 0.1) is 9.49 Å². The van der Waals surface area contributed by atoms with Crippen LogP contribution in [0.2, 0.25) is 0 Å². The summed E-state index contributed by atoms with van der Waals surface area (Å²) in [5.41, 5.74) is 0.874. The Morgan fingerprint density at radius 1 is 1.47 bits per heavy atom. The zero-order valence-electron chi connectivity index (χ0n) is 8.09. The van der Waals surface area contributed by atoms with Crippen LogP contribution in [-0.2, 0) is 4.79 Å². The van der Waals surface area contributed by atoms with Crippen molar-refractivity contribution in [3.8, 4) is 0 Å². The summed E-state index contributed by atoms with van der Waals surface area (Å²) in [6, 6.07) is 5.86. The van der Waals surface area contributed by atoms with E-state index < -0.39 is 0 Å². The van der Waals surface area contributed by atoms with Crippen LogP contribution in [0.5, 0.6) is 0 Å². The monoisotopic (exact) mass is 379 g/mol. The van der Waals surface area contributed by atoms with Crippen LogP contribution in [0.1, 0.15) is 19.3 Å². The van der Waals surface area contributed by atoms with Gasteiger partial charge in [-0.05, 0) is 69.6 Å². The summed E-state index contributed by atoms with van der Waals surface area (Å²) in [4.78, 5) is 11.7. The third-order valence-electron chi connectivity index (χ3n) is 2.66. The number of carbonyl (C=O) groups is 1. The second kappa shape index (κ2) is 4.82. The van der Waals surface area contributed by atoms with Crippen molar-refractivity contribution in [1.82, 2.24) is 0 Å². The van der Waals surface area contributed by atoms with Crippen LogP contribution < -0.4 is 5.32 Å². The summed E-state index contributed by atoms with van der Waals surface area (Å²) < 4.78 is 2.17. The molecule has 2 nitrogen and oxygen atoms in total. The molecule has 1 aromatic carbocycles. The Hall–Kier alpha value is -0.100. The van der Waals surface area contributed by atoms with Gasteiger partial charge in [-0.25, -0.2) is 0 Å². The van der Waals surface area contributed by atoms with E-state index in [1.165, 1.54) is 6.42 Å². The van der Waals surface area contributed by atoms with Crippen LogP contribution in [0.4, 0.5) is 5.69 Å². The molecule has 0 aromatic heterocycles. The molecule has 2 rings (SSSR count). The Bertz CT molecular complexity index is 390. The lowest BCUT2D eigenvalue weighted by Gasteiger charge is -2.24. The predicted molar refractivity (Wildman–Crippen MR) is 72.8 cm³/mol. The number of benzene rings is 1. The average Bonchev–Trinajstić information content (AvgIpc) is 2.08. The third kappa shape index (κ3) is 2.72. The Morgan fingerprint density at radius 2 is 2.20 bits per heavy atom. The highest BCUT2D eigenvalue weighted by Crippen LogP contribution is 2.28. The molecule has 0 heterocycles. The smallest absolute Gasteiger partial charge is 0.227 e. The first-order valence-corrected chi connectivity index (χ1v) is 6.80. The zero-order valence-corrected chi connectivity index (χ0v) is 11.8. The summed E-state index contributed by atoms with van der Waals surface area (Å²) in [5, 5.41) is 2.94. The highest BCUT2D eigenvalue weighted by Gasteiger charge is 2.25. The Balaban J connectivity index is 2.03. The van der Waals surface area contributed by atoms with E-state index in [2.05, 4.69) is 43.8 Å². The van der Waals surface area contributed by atoms with Gasteiger partial charge in [0.2, 0.25) is 5.91 Å². The van der Waals surface area contributed by atoms with Gasteiger partial charge in [-0.1, -0.05) is 6.42 Å². The van der Waals surface area contributed by atoms with Crippen molar-refractivity contribution in [1.29, 1.82) is 0 Å². The molecule has 0 bridgehead atoms. The quantitative estimate of drug-likeness (QED) is 0.778. The first kappa shape index (κ1) is 11.4.